The maximum Gasteiger partial charge on any atom is 0.123 e. The van der Waals surface area contributed by atoms with Crippen LogP contribution in [-0.2, 0) is 0 Å². The van der Waals surface area contributed by atoms with Gasteiger partial charge < -0.3 is 5.32 Å². The second-order valence-electron chi connectivity index (χ2n) is 5.29. The van der Waals surface area contributed by atoms with E-state index in [1.54, 1.807) is 6.07 Å². The molecule has 0 saturated heterocycles. The molecule has 0 heterocycles. The number of hydrogen-bond acceptors (Lipinski definition) is 1. The van der Waals surface area contributed by atoms with Crippen LogP contribution in [0.4, 0.5) is 4.39 Å². The van der Waals surface area contributed by atoms with Gasteiger partial charge in [0.1, 0.15) is 5.82 Å². The number of rotatable bonds is 3. The largest absolute Gasteiger partial charge is 0.309 e. The summed E-state index contributed by atoms with van der Waals surface area (Å²) in [6.07, 6.45) is 0. The van der Waals surface area contributed by atoms with E-state index in [1.807, 2.05) is 32.2 Å². The Morgan fingerprint density at radius 1 is 0.905 bits per heavy atom. The van der Waals surface area contributed by atoms with Gasteiger partial charge in [-0.15, -0.1) is 0 Å². The third-order valence-corrected chi connectivity index (χ3v) is 3.98. The first-order chi connectivity index (χ1) is 10.2. The van der Waals surface area contributed by atoms with Crippen LogP contribution < -0.4 is 5.32 Å². The van der Waals surface area contributed by atoms with E-state index in [4.69, 9.17) is 0 Å². The summed E-state index contributed by atoms with van der Waals surface area (Å²) in [5.41, 5.74) is 3.24. The summed E-state index contributed by atoms with van der Waals surface area (Å²) in [5.74, 6) is -0.198. The maximum absolute atomic E-state index is 13.6. The van der Waals surface area contributed by atoms with Crippen molar-refractivity contribution in [2.24, 2.45) is 0 Å². The number of aryl methyl sites for hydroxylation is 1. The van der Waals surface area contributed by atoms with Crippen LogP contribution in [0.25, 0.3) is 10.8 Å². The standard InChI is InChI=1S/C19H18FN/c1-13-10-11-15(20)12-18(13)19(21-2)17-9-5-7-14-6-3-4-8-16(14)17/h3-12,19,21H,1-2H3. The van der Waals surface area contributed by atoms with Crippen LogP contribution in [0.5, 0.6) is 0 Å². The molecule has 0 radical (unpaired) electrons. The van der Waals surface area contributed by atoms with Crippen LogP contribution >= 0.6 is 0 Å². The maximum atomic E-state index is 13.6. The van der Waals surface area contributed by atoms with Gasteiger partial charge in [0.05, 0.1) is 6.04 Å². The minimum absolute atomic E-state index is 0.0215. The Kier molecular flexibility index (Phi) is 3.72. The number of fused-ring (bicyclic) bond motifs is 1. The number of halogens is 1. The summed E-state index contributed by atoms with van der Waals surface area (Å²) < 4.78 is 13.6. The highest BCUT2D eigenvalue weighted by Gasteiger charge is 2.17. The Balaban J connectivity index is 2.21. The van der Waals surface area contributed by atoms with Crippen molar-refractivity contribution in [3.05, 3.63) is 83.2 Å². The molecule has 0 saturated carbocycles. The molecule has 3 aromatic rings. The van der Waals surface area contributed by atoms with Gasteiger partial charge in [-0.3, -0.25) is 0 Å². The first-order valence-corrected chi connectivity index (χ1v) is 7.11. The number of nitrogens with one attached hydrogen (secondary N) is 1. The fourth-order valence-corrected chi connectivity index (χ4v) is 2.90. The topological polar surface area (TPSA) is 12.0 Å². The average molecular weight is 279 g/mol. The molecule has 1 atom stereocenters. The second kappa shape index (κ2) is 5.66. The van der Waals surface area contributed by atoms with E-state index >= 15 is 0 Å². The Morgan fingerprint density at radius 3 is 2.48 bits per heavy atom. The molecule has 106 valence electrons. The monoisotopic (exact) mass is 279 g/mol. The van der Waals surface area contributed by atoms with Crippen molar-refractivity contribution in [1.82, 2.24) is 5.32 Å². The molecule has 0 bridgehead atoms. The quantitative estimate of drug-likeness (QED) is 0.739. The van der Waals surface area contributed by atoms with E-state index < -0.39 is 0 Å². The first-order valence-electron chi connectivity index (χ1n) is 7.11. The fraction of sp³-hybridized carbons (Fsp3) is 0.158. The molecule has 0 aliphatic rings. The molecule has 0 fully saturated rings. The smallest absolute Gasteiger partial charge is 0.123 e. The number of hydrogen-bond donors (Lipinski definition) is 1. The Labute approximate surface area is 124 Å². The van der Waals surface area contributed by atoms with Gasteiger partial charge in [0.2, 0.25) is 0 Å². The molecule has 1 N–H and O–H groups in total. The van der Waals surface area contributed by atoms with E-state index in [9.17, 15) is 4.39 Å². The van der Waals surface area contributed by atoms with Gasteiger partial charge in [0, 0.05) is 0 Å². The van der Waals surface area contributed by atoms with Crippen LogP contribution in [0.2, 0.25) is 0 Å². The molecule has 2 heteroatoms. The molecule has 0 aliphatic carbocycles. The predicted molar refractivity (Wildman–Crippen MR) is 86.0 cm³/mol. The van der Waals surface area contributed by atoms with E-state index in [2.05, 4.69) is 35.6 Å². The number of benzene rings is 3. The highest BCUT2D eigenvalue weighted by molar-refractivity contribution is 5.86. The van der Waals surface area contributed by atoms with E-state index in [0.717, 1.165) is 11.1 Å². The van der Waals surface area contributed by atoms with Crippen LogP contribution in [0.15, 0.2) is 60.7 Å². The second-order valence-corrected chi connectivity index (χ2v) is 5.29. The average Bonchev–Trinajstić information content (AvgIpc) is 2.51. The molecule has 1 nitrogen and oxygen atoms in total. The summed E-state index contributed by atoms with van der Waals surface area (Å²) in [5, 5.41) is 5.72. The normalized spacial score (nSPS) is 12.5. The SMILES string of the molecule is CNC(c1cc(F)ccc1C)c1cccc2ccccc12. The van der Waals surface area contributed by atoms with Gasteiger partial charge in [0.15, 0.2) is 0 Å². The van der Waals surface area contributed by atoms with Gasteiger partial charge in [-0.2, -0.15) is 0 Å². The highest BCUT2D eigenvalue weighted by Crippen LogP contribution is 2.30. The zero-order valence-corrected chi connectivity index (χ0v) is 12.2. The predicted octanol–water partition coefficient (Wildman–Crippen LogP) is 4.60. The molecule has 3 rings (SSSR count). The van der Waals surface area contributed by atoms with Crippen LogP contribution in [0.3, 0.4) is 0 Å². The molecule has 21 heavy (non-hydrogen) atoms. The molecule has 0 aromatic heterocycles. The lowest BCUT2D eigenvalue weighted by Gasteiger charge is -2.21. The highest BCUT2D eigenvalue weighted by atomic mass is 19.1. The Morgan fingerprint density at radius 2 is 1.67 bits per heavy atom. The van der Waals surface area contributed by atoms with Crippen molar-refractivity contribution in [2.75, 3.05) is 7.05 Å². The Hall–Kier alpha value is -2.19. The summed E-state index contributed by atoms with van der Waals surface area (Å²) >= 11 is 0. The summed E-state index contributed by atoms with van der Waals surface area (Å²) in [6.45, 7) is 2.02. The molecule has 0 spiro atoms. The molecule has 3 aromatic carbocycles. The van der Waals surface area contributed by atoms with Crippen LogP contribution in [-0.4, -0.2) is 7.05 Å². The van der Waals surface area contributed by atoms with E-state index in [1.165, 1.54) is 22.4 Å². The van der Waals surface area contributed by atoms with Crippen molar-refractivity contribution in [2.45, 2.75) is 13.0 Å². The lowest BCUT2D eigenvalue weighted by molar-refractivity contribution is 0.615. The summed E-state index contributed by atoms with van der Waals surface area (Å²) in [4.78, 5) is 0. The van der Waals surface area contributed by atoms with Crippen LogP contribution in [0.1, 0.15) is 22.7 Å². The zero-order chi connectivity index (χ0) is 14.8. The zero-order valence-electron chi connectivity index (χ0n) is 12.2. The minimum Gasteiger partial charge on any atom is -0.309 e. The van der Waals surface area contributed by atoms with E-state index in [-0.39, 0.29) is 11.9 Å². The van der Waals surface area contributed by atoms with Gasteiger partial charge in [0.25, 0.3) is 0 Å². The molecule has 0 amide bonds. The molecular formula is C19H18FN. The van der Waals surface area contributed by atoms with Gasteiger partial charge in [-0.05, 0) is 53.6 Å². The van der Waals surface area contributed by atoms with Crippen molar-refractivity contribution in [1.29, 1.82) is 0 Å². The van der Waals surface area contributed by atoms with Gasteiger partial charge in [-0.25, -0.2) is 4.39 Å². The molecule has 1 unspecified atom stereocenters. The third kappa shape index (κ3) is 2.55. The summed E-state index contributed by atoms with van der Waals surface area (Å²) in [7, 11) is 1.91. The lowest BCUT2D eigenvalue weighted by Crippen LogP contribution is -2.19. The first kappa shape index (κ1) is 13.8. The van der Waals surface area contributed by atoms with E-state index in [0.29, 0.717) is 0 Å². The van der Waals surface area contributed by atoms with Gasteiger partial charge in [-0.1, -0.05) is 48.5 Å². The van der Waals surface area contributed by atoms with Crippen molar-refractivity contribution in [3.63, 3.8) is 0 Å². The van der Waals surface area contributed by atoms with Crippen molar-refractivity contribution >= 4 is 10.8 Å². The molecular weight excluding hydrogens is 261 g/mol. The third-order valence-electron chi connectivity index (χ3n) is 3.98. The van der Waals surface area contributed by atoms with Gasteiger partial charge >= 0.3 is 0 Å². The van der Waals surface area contributed by atoms with Crippen LogP contribution in [0, 0.1) is 12.7 Å². The molecule has 0 aliphatic heterocycles. The van der Waals surface area contributed by atoms with Crippen molar-refractivity contribution < 1.29 is 4.39 Å². The minimum atomic E-state index is -0.198. The Bertz CT molecular complexity index is 774. The lowest BCUT2D eigenvalue weighted by atomic mass is 9.91. The van der Waals surface area contributed by atoms with Crippen molar-refractivity contribution in [3.8, 4) is 0 Å². The summed E-state index contributed by atoms with van der Waals surface area (Å²) in [6, 6.07) is 19.5. The fourth-order valence-electron chi connectivity index (χ4n) is 2.90.